The molecular formula is C16H19ClN2O5S. The van der Waals surface area contributed by atoms with E-state index in [1.807, 2.05) is 0 Å². The van der Waals surface area contributed by atoms with E-state index < -0.39 is 28.0 Å². The van der Waals surface area contributed by atoms with Crippen molar-refractivity contribution in [1.29, 1.82) is 0 Å². The summed E-state index contributed by atoms with van der Waals surface area (Å²) >= 11 is 5.96. The molecular weight excluding hydrogens is 368 g/mol. The van der Waals surface area contributed by atoms with Crippen LogP contribution in [0.3, 0.4) is 0 Å². The van der Waals surface area contributed by atoms with E-state index in [2.05, 4.69) is 16.6 Å². The lowest BCUT2D eigenvalue weighted by Crippen LogP contribution is -2.35. The number of amides is 1. The minimum absolute atomic E-state index is 0.00137. The van der Waals surface area contributed by atoms with Crippen LogP contribution < -0.4 is 10.0 Å². The lowest BCUT2D eigenvalue weighted by atomic mass is 10.2. The molecule has 25 heavy (non-hydrogen) atoms. The van der Waals surface area contributed by atoms with E-state index in [0.717, 1.165) is 18.9 Å². The van der Waals surface area contributed by atoms with Gasteiger partial charge >= 0.3 is 5.97 Å². The van der Waals surface area contributed by atoms with Crippen molar-refractivity contribution in [1.82, 2.24) is 10.0 Å². The van der Waals surface area contributed by atoms with E-state index in [0.29, 0.717) is 0 Å². The van der Waals surface area contributed by atoms with Crippen molar-refractivity contribution in [2.45, 2.75) is 36.8 Å². The lowest BCUT2D eigenvalue weighted by molar-refractivity contribution is -0.128. The number of halogens is 1. The van der Waals surface area contributed by atoms with Crippen LogP contribution in [0.1, 0.15) is 30.1 Å². The molecule has 1 amide bonds. The summed E-state index contributed by atoms with van der Waals surface area (Å²) in [5, 5.41) is 2.50. The molecule has 1 saturated carbocycles. The Hall–Kier alpha value is -1.90. The Morgan fingerprint density at radius 3 is 2.72 bits per heavy atom. The van der Waals surface area contributed by atoms with Crippen molar-refractivity contribution in [3.8, 4) is 0 Å². The van der Waals surface area contributed by atoms with Crippen LogP contribution in [0.4, 0.5) is 0 Å². The van der Waals surface area contributed by atoms with Gasteiger partial charge in [-0.2, -0.15) is 0 Å². The average Bonchev–Trinajstić information content (AvgIpc) is 3.35. The number of carbonyl (C=O) groups excluding carboxylic acids is 2. The molecule has 1 aliphatic rings. The van der Waals surface area contributed by atoms with E-state index in [-0.39, 0.29) is 28.1 Å². The quantitative estimate of drug-likeness (QED) is 0.522. The van der Waals surface area contributed by atoms with Crippen molar-refractivity contribution < 1.29 is 22.7 Å². The number of hydrogen-bond acceptors (Lipinski definition) is 5. The van der Waals surface area contributed by atoms with Crippen LogP contribution in [0.5, 0.6) is 0 Å². The Kier molecular flexibility index (Phi) is 6.21. The minimum atomic E-state index is -3.82. The lowest BCUT2D eigenvalue weighted by Gasteiger charge is -2.14. The van der Waals surface area contributed by atoms with E-state index >= 15 is 0 Å². The Labute approximate surface area is 151 Å². The van der Waals surface area contributed by atoms with Crippen LogP contribution in [0.2, 0.25) is 5.02 Å². The smallest absolute Gasteiger partial charge is 0.338 e. The molecule has 1 fully saturated rings. The van der Waals surface area contributed by atoms with Gasteiger partial charge in [0.2, 0.25) is 10.0 Å². The van der Waals surface area contributed by atoms with Crippen molar-refractivity contribution in [3.63, 3.8) is 0 Å². The Bertz CT molecular complexity index is 790. The highest BCUT2D eigenvalue weighted by Crippen LogP contribution is 2.27. The van der Waals surface area contributed by atoms with Gasteiger partial charge in [0, 0.05) is 12.6 Å². The number of sulfonamides is 1. The molecule has 1 aliphatic carbocycles. The second-order valence-corrected chi connectivity index (χ2v) is 7.71. The maximum atomic E-state index is 12.3. The fourth-order valence-corrected chi connectivity index (χ4v) is 3.75. The molecule has 9 heteroatoms. The first-order valence-electron chi connectivity index (χ1n) is 7.66. The molecule has 0 spiro atoms. The Morgan fingerprint density at radius 2 is 2.12 bits per heavy atom. The highest BCUT2D eigenvalue weighted by molar-refractivity contribution is 7.89. The zero-order valence-electron chi connectivity index (χ0n) is 13.6. The normalized spacial score (nSPS) is 15.3. The predicted octanol–water partition coefficient (Wildman–Crippen LogP) is 1.63. The number of rotatable bonds is 8. The molecule has 0 aromatic heterocycles. The van der Waals surface area contributed by atoms with Crippen LogP contribution in [-0.2, 0) is 19.6 Å². The number of hydrogen-bond donors (Lipinski definition) is 2. The Morgan fingerprint density at radius 1 is 1.44 bits per heavy atom. The summed E-state index contributed by atoms with van der Waals surface area (Å²) in [6.45, 7) is 5.13. The highest BCUT2D eigenvalue weighted by atomic mass is 35.5. The van der Waals surface area contributed by atoms with Crippen LogP contribution in [-0.4, -0.2) is 39.0 Å². The standard InChI is InChI=1S/C16H19ClN2O5S/c1-3-8-18-15(20)10(2)24-16(21)11-4-7-13(17)14(9-11)25(22,23)19-12-5-6-12/h3-4,7,9-10,12,19H,1,5-6,8H2,2H3,(H,18,20)/t10-/m1/s1. The first-order valence-corrected chi connectivity index (χ1v) is 9.52. The molecule has 2 rings (SSSR count). The molecule has 136 valence electrons. The molecule has 1 aromatic rings. The molecule has 1 aromatic carbocycles. The predicted molar refractivity (Wildman–Crippen MR) is 92.9 cm³/mol. The molecule has 0 saturated heterocycles. The summed E-state index contributed by atoms with van der Waals surface area (Å²) in [6, 6.07) is 3.70. The van der Waals surface area contributed by atoms with E-state index in [1.54, 1.807) is 0 Å². The topological polar surface area (TPSA) is 102 Å². The zero-order valence-corrected chi connectivity index (χ0v) is 15.2. The molecule has 1 atom stereocenters. The van der Waals surface area contributed by atoms with E-state index in [9.17, 15) is 18.0 Å². The number of nitrogens with one attached hydrogen (secondary N) is 2. The summed E-state index contributed by atoms with van der Waals surface area (Å²) in [5.41, 5.74) is -0.0102. The van der Waals surface area contributed by atoms with Gasteiger partial charge in [-0.05, 0) is 38.0 Å². The fourth-order valence-electron chi connectivity index (χ4n) is 1.92. The van der Waals surface area contributed by atoms with Gasteiger partial charge in [0.25, 0.3) is 5.91 Å². The minimum Gasteiger partial charge on any atom is -0.449 e. The largest absolute Gasteiger partial charge is 0.449 e. The summed E-state index contributed by atoms with van der Waals surface area (Å²) in [4.78, 5) is 23.7. The zero-order chi connectivity index (χ0) is 18.6. The van der Waals surface area contributed by atoms with Crippen LogP contribution in [0.15, 0.2) is 35.7 Å². The van der Waals surface area contributed by atoms with Gasteiger partial charge in [-0.15, -0.1) is 6.58 Å². The molecule has 2 N–H and O–H groups in total. The third kappa shape index (κ3) is 5.29. The molecule has 0 unspecified atom stereocenters. The van der Waals surface area contributed by atoms with Crippen molar-refractivity contribution in [2.24, 2.45) is 0 Å². The van der Waals surface area contributed by atoms with Crippen LogP contribution in [0, 0.1) is 0 Å². The fraction of sp³-hybridized carbons (Fsp3) is 0.375. The van der Waals surface area contributed by atoms with Gasteiger partial charge in [-0.3, -0.25) is 4.79 Å². The summed E-state index contributed by atoms with van der Waals surface area (Å²) < 4.78 is 32.2. The van der Waals surface area contributed by atoms with Gasteiger partial charge in [0.1, 0.15) is 4.90 Å². The van der Waals surface area contributed by atoms with Crippen LogP contribution in [0.25, 0.3) is 0 Å². The SMILES string of the molecule is C=CCNC(=O)[C@@H](C)OC(=O)c1ccc(Cl)c(S(=O)(=O)NC2CC2)c1. The number of carbonyl (C=O) groups is 2. The van der Waals surface area contributed by atoms with Crippen molar-refractivity contribution >= 4 is 33.5 Å². The summed E-state index contributed by atoms with van der Waals surface area (Å²) in [6.07, 6.45) is 2.01. The second kappa shape index (κ2) is 7.99. The van der Waals surface area contributed by atoms with Gasteiger partial charge in [0.15, 0.2) is 6.10 Å². The monoisotopic (exact) mass is 386 g/mol. The van der Waals surface area contributed by atoms with Crippen molar-refractivity contribution in [3.05, 3.63) is 41.4 Å². The summed E-state index contributed by atoms with van der Waals surface area (Å²) in [7, 11) is -3.82. The summed E-state index contributed by atoms with van der Waals surface area (Å²) in [5.74, 6) is -1.30. The number of ether oxygens (including phenoxy) is 1. The van der Waals surface area contributed by atoms with Gasteiger partial charge in [-0.1, -0.05) is 17.7 Å². The Balaban J connectivity index is 2.13. The molecule has 0 radical (unpaired) electrons. The number of benzene rings is 1. The maximum Gasteiger partial charge on any atom is 0.338 e. The second-order valence-electron chi connectivity index (χ2n) is 5.62. The maximum absolute atomic E-state index is 12.3. The third-order valence-corrected chi connectivity index (χ3v) is 5.43. The first-order chi connectivity index (χ1) is 11.7. The number of esters is 1. The first kappa shape index (κ1) is 19.4. The van der Waals surface area contributed by atoms with Gasteiger partial charge in [0.05, 0.1) is 10.6 Å². The molecule has 0 bridgehead atoms. The molecule has 7 nitrogen and oxygen atoms in total. The highest BCUT2D eigenvalue weighted by Gasteiger charge is 2.30. The van der Waals surface area contributed by atoms with E-state index in [1.165, 1.54) is 25.1 Å². The van der Waals surface area contributed by atoms with Crippen molar-refractivity contribution in [2.75, 3.05) is 6.54 Å². The van der Waals surface area contributed by atoms with Gasteiger partial charge < -0.3 is 10.1 Å². The third-order valence-electron chi connectivity index (χ3n) is 3.43. The van der Waals surface area contributed by atoms with E-state index in [4.69, 9.17) is 16.3 Å². The average molecular weight is 387 g/mol. The molecule has 0 heterocycles. The van der Waals surface area contributed by atoms with Crippen LogP contribution >= 0.6 is 11.6 Å². The van der Waals surface area contributed by atoms with Gasteiger partial charge in [-0.25, -0.2) is 17.9 Å². The molecule has 0 aliphatic heterocycles.